The summed E-state index contributed by atoms with van der Waals surface area (Å²) in [6.45, 7) is 7.81. The third kappa shape index (κ3) is 4.52. The highest BCUT2D eigenvalue weighted by molar-refractivity contribution is 5.49. The fourth-order valence-corrected chi connectivity index (χ4v) is 2.21. The van der Waals surface area contributed by atoms with Gasteiger partial charge in [0.15, 0.2) is 5.82 Å². The molecule has 2 rings (SSSR count). The van der Waals surface area contributed by atoms with Gasteiger partial charge in [-0.15, -0.1) is 0 Å². The van der Waals surface area contributed by atoms with Crippen molar-refractivity contribution in [3.8, 4) is 0 Å². The molecule has 1 unspecified atom stereocenters. The van der Waals surface area contributed by atoms with Gasteiger partial charge in [-0.25, -0.2) is 9.97 Å². The molecular formula is C14H24N4O3. The largest absolute Gasteiger partial charge is 0.394 e. The van der Waals surface area contributed by atoms with Crippen LogP contribution in [0, 0.1) is 0 Å². The molecule has 1 aliphatic heterocycles. The first-order valence-corrected chi connectivity index (χ1v) is 7.43. The summed E-state index contributed by atoms with van der Waals surface area (Å²) in [5.74, 6) is 2.30. The van der Waals surface area contributed by atoms with Gasteiger partial charge in [-0.05, 0) is 13.8 Å². The van der Waals surface area contributed by atoms with Crippen molar-refractivity contribution in [2.75, 3.05) is 49.7 Å². The summed E-state index contributed by atoms with van der Waals surface area (Å²) in [4.78, 5) is 11.1. The number of nitrogens with zero attached hydrogens (tertiary/aromatic N) is 3. The van der Waals surface area contributed by atoms with E-state index < -0.39 is 0 Å². The van der Waals surface area contributed by atoms with Crippen LogP contribution in [0.25, 0.3) is 0 Å². The van der Waals surface area contributed by atoms with Crippen molar-refractivity contribution < 1.29 is 14.6 Å². The molecule has 1 aromatic rings. The Hall–Kier alpha value is -1.44. The fraction of sp³-hybridized carbons (Fsp3) is 0.714. The van der Waals surface area contributed by atoms with E-state index in [1.165, 1.54) is 0 Å². The number of morpholine rings is 1. The number of hydrogen-bond donors (Lipinski definition) is 2. The molecule has 0 saturated carbocycles. The van der Waals surface area contributed by atoms with Gasteiger partial charge in [0.2, 0.25) is 0 Å². The third-order valence-electron chi connectivity index (χ3n) is 3.22. The molecule has 0 radical (unpaired) electrons. The lowest BCUT2D eigenvalue weighted by molar-refractivity contribution is 0.00333. The average molecular weight is 296 g/mol. The van der Waals surface area contributed by atoms with Crippen molar-refractivity contribution in [1.82, 2.24) is 9.97 Å². The maximum Gasteiger partial charge on any atom is 0.158 e. The van der Waals surface area contributed by atoms with Gasteiger partial charge < -0.3 is 24.8 Å². The third-order valence-corrected chi connectivity index (χ3v) is 3.22. The Kier molecular flexibility index (Phi) is 6.16. The van der Waals surface area contributed by atoms with Crippen molar-refractivity contribution in [2.24, 2.45) is 0 Å². The summed E-state index contributed by atoms with van der Waals surface area (Å²) >= 11 is 0. The lowest BCUT2D eigenvalue weighted by Gasteiger charge is -2.33. The van der Waals surface area contributed by atoms with Crippen LogP contribution in [0.1, 0.15) is 19.7 Å². The highest BCUT2D eigenvalue weighted by atomic mass is 16.5. The molecule has 0 amide bonds. The van der Waals surface area contributed by atoms with E-state index in [9.17, 15) is 5.11 Å². The number of nitrogens with one attached hydrogen (secondary N) is 1. The van der Waals surface area contributed by atoms with Crippen LogP contribution < -0.4 is 10.2 Å². The summed E-state index contributed by atoms with van der Waals surface area (Å²) < 4.78 is 10.9. The maximum absolute atomic E-state index is 9.25. The van der Waals surface area contributed by atoms with Crippen LogP contribution in [0.5, 0.6) is 0 Å². The minimum atomic E-state index is -0.161. The highest BCUT2D eigenvalue weighted by Crippen LogP contribution is 2.19. The number of hydrogen-bond acceptors (Lipinski definition) is 7. The molecule has 2 heterocycles. The molecule has 1 saturated heterocycles. The summed E-state index contributed by atoms with van der Waals surface area (Å²) in [5.41, 5.74) is 0. The zero-order valence-electron chi connectivity index (χ0n) is 12.7. The van der Waals surface area contributed by atoms with Crippen LogP contribution in [0.4, 0.5) is 11.6 Å². The molecule has 0 aromatic carbocycles. The summed E-state index contributed by atoms with van der Waals surface area (Å²) in [6.07, 6.45) is -0.161. The lowest BCUT2D eigenvalue weighted by Crippen LogP contribution is -2.44. The zero-order valence-corrected chi connectivity index (χ0v) is 12.7. The van der Waals surface area contributed by atoms with E-state index in [-0.39, 0.29) is 12.7 Å². The number of rotatable bonds is 7. The van der Waals surface area contributed by atoms with Crippen molar-refractivity contribution in [3.05, 3.63) is 11.9 Å². The molecule has 118 valence electrons. The van der Waals surface area contributed by atoms with E-state index in [4.69, 9.17) is 9.47 Å². The summed E-state index contributed by atoms with van der Waals surface area (Å²) in [6, 6.07) is 1.93. The second-order valence-corrected chi connectivity index (χ2v) is 4.82. The van der Waals surface area contributed by atoms with Crippen LogP contribution in [0.3, 0.4) is 0 Å². The molecule has 7 heteroatoms. The van der Waals surface area contributed by atoms with Crippen LogP contribution in [0.2, 0.25) is 0 Å². The Morgan fingerprint density at radius 1 is 1.48 bits per heavy atom. The molecule has 1 aliphatic rings. The topological polar surface area (TPSA) is 79.7 Å². The van der Waals surface area contributed by atoms with Crippen molar-refractivity contribution in [3.63, 3.8) is 0 Å². The van der Waals surface area contributed by atoms with Crippen LogP contribution >= 0.6 is 0 Å². The van der Waals surface area contributed by atoms with Gasteiger partial charge in [-0.3, -0.25) is 0 Å². The highest BCUT2D eigenvalue weighted by Gasteiger charge is 2.21. The van der Waals surface area contributed by atoms with Gasteiger partial charge in [-0.1, -0.05) is 0 Å². The number of aromatic nitrogens is 2. The lowest BCUT2D eigenvalue weighted by atomic mass is 10.3. The van der Waals surface area contributed by atoms with E-state index in [2.05, 4.69) is 20.2 Å². The number of ether oxygens (including phenoxy) is 2. The maximum atomic E-state index is 9.25. The predicted octanol–water partition coefficient (Wildman–Crippen LogP) is 0.642. The molecule has 0 aliphatic carbocycles. The molecule has 0 spiro atoms. The van der Waals surface area contributed by atoms with Crippen molar-refractivity contribution in [1.29, 1.82) is 0 Å². The number of anilines is 2. The molecule has 1 atom stereocenters. The molecule has 0 bridgehead atoms. The molecule has 7 nitrogen and oxygen atoms in total. The number of aliphatic hydroxyl groups excluding tert-OH is 1. The Labute approximate surface area is 125 Å². The molecule has 2 N–H and O–H groups in total. The minimum absolute atomic E-state index is 0.0213. The quantitative estimate of drug-likeness (QED) is 0.764. The number of aliphatic hydroxyl groups is 1. The minimum Gasteiger partial charge on any atom is -0.394 e. The summed E-state index contributed by atoms with van der Waals surface area (Å²) in [5, 5.41) is 12.5. The summed E-state index contributed by atoms with van der Waals surface area (Å²) in [7, 11) is 0. The van der Waals surface area contributed by atoms with E-state index in [1.54, 1.807) is 0 Å². The second kappa shape index (κ2) is 8.11. The second-order valence-electron chi connectivity index (χ2n) is 4.82. The van der Waals surface area contributed by atoms with E-state index in [1.807, 2.05) is 19.9 Å². The standard InChI is InChI=1S/C14H24N4O3/c1-3-15-12-7-14(17-13(16-12)10-20-4-2)18-5-6-21-11(8-18)9-19/h7,11,19H,3-6,8-10H2,1-2H3,(H,15,16,17). The molecule has 21 heavy (non-hydrogen) atoms. The normalized spacial score (nSPS) is 18.8. The first-order chi connectivity index (χ1) is 10.3. The van der Waals surface area contributed by atoms with E-state index >= 15 is 0 Å². The molecular weight excluding hydrogens is 272 g/mol. The zero-order chi connectivity index (χ0) is 15.1. The van der Waals surface area contributed by atoms with Gasteiger partial charge in [0, 0.05) is 32.3 Å². The van der Waals surface area contributed by atoms with Gasteiger partial charge in [0.05, 0.1) is 19.3 Å². The predicted molar refractivity (Wildman–Crippen MR) is 80.6 cm³/mol. The average Bonchev–Trinajstić information content (AvgIpc) is 2.53. The monoisotopic (exact) mass is 296 g/mol. The Morgan fingerprint density at radius 2 is 2.33 bits per heavy atom. The van der Waals surface area contributed by atoms with Crippen molar-refractivity contribution in [2.45, 2.75) is 26.6 Å². The smallest absolute Gasteiger partial charge is 0.158 e. The first kappa shape index (κ1) is 15.9. The first-order valence-electron chi connectivity index (χ1n) is 7.43. The molecule has 1 aromatic heterocycles. The van der Waals surface area contributed by atoms with Gasteiger partial charge >= 0.3 is 0 Å². The van der Waals surface area contributed by atoms with Crippen LogP contribution in [0.15, 0.2) is 6.07 Å². The van der Waals surface area contributed by atoms with Crippen LogP contribution in [-0.4, -0.2) is 60.6 Å². The van der Waals surface area contributed by atoms with Gasteiger partial charge in [0.1, 0.15) is 18.2 Å². The van der Waals surface area contributed by atoms with Gasteiger partial charge in [0.25, 0.3) is 0 Å². The SMILES string of the molecule is CCNc1cc(N2CCOC(CO)C2)nc(COCC)n1. The van der Waals surface area contributed by atoms with Gasteiger partial charge in [-0.2, -0.15) is 0 Å². The van der Waals surface area contributed by atoms with E-state index in [0.717, 1.165) is 24.7 Å². The van der Waals surface area contributed by atoms with Crippen molar-refractivity contribution >= 4 is 11.6 Å². The Balaban J connectivity index is 2.17. The van der Waals surface area contributed by atoms with Crippen LogP contribution in [-0.2, 0) is 16.1 Å². The fourth-order valence-electron chi connectivity index (χ4n) is 2.21. The Morgan fingerprint density at radius 3 is 3.05 bits per heavy atom. The van der Waals surface area contributed by atoms with E-state index in [0.29, 0.717) is 32.2 Å². The molecule has 1 fully saturated rings. The Bertz CT molecular complexity index is 444.